The number of benzene rings is 2. The molecular formula is C18H17N. The molecule has 0 bridgehead atoms. The fraction of sp³-hybridized carbons (Fsp3) is 0.0556. The van der Waals surface area contributed by atoms with Crippen molar-refractivity contribution in [3.05, 3.63) is 78.4 Å². The van der Waals surface area contributed by atoms with Crippen molar-refractivity contribution in [1.82, 2.24) is 0 Å². The maximum atomic E-state index is 6.93. The van der Waals surface area contributed by atoms with Crippen LogP contribution in [0.3, 0.4) is 0 Å². The number of allylic oxidation sites excluding steroid dienone is 4. The molecule has 0 aromatic heterocycles. The monoisotopic (exact) mass is 247 g/mol. The molecule has 0 aliphatic rings. The lowest BCUT2D eigenvalue weighted by Crippen LogP contribution is -1.81. The Morgan fingerprint density at radius 1 is 0.842 bits per heavy atom. The minimum atomic E-state index is 1.19. The number of rotatable bonds is 4. The van der Waals surface area contributed by atoms with E-state index in [1.54, 1.807) is 6.08 Å². The molecule has 0 heterocycles. The van der Waals surface area contributed by atoms with E-state index in [9.17, 15) is 0 Å². The second-order valence-electron chi connectivity index (χ2n) is 4.34. The van der Waals surface area contributed by atoms with E-state index in [4.69, 9.17) is 5.41 Å². The lowest BCUT2D eigenvalue weighted by Gasteiger charge is -2.04. The van der Waals surface area contributed by atoms with Crippen LogP contribution in [0.25, 0.3) is 16.7 Å². The van der Waals surface area contributed by atoms with Crippen molar-refractivity contribution in [1.29, 1.82) is 5.41 Å². The summed E-state index contributed by atoms with van der Waals surface area (Å²) in [4.78, 5) is 0. The summed E-state index contributed by atoms with van der Waals surface area (Å²) in [6, 6.07) is 18.9. The highest BCUT2D eigenvalue weighted by Gasteiger charge is 1.98. The van der Waals surface area contributed by atoms with Crippen LogP contribution in [0, 0.1) is 5.41 Å². The summed E-state index contributed by atoms with van der Waals surface area (Å²) in [5.41, 5.74) is 4.86. The summed E-state index contributed by atoms with van der Waals surface area (Å²) in [7, 11) is 0. The topological polar surface area (TPSA) is 23.9 Å². The zero-order valence-electron chi connectivity index (χ0n) is 11.0. The molecule has 2 aromatic carbocycles. The first-order valence-corrected chi connectivity index (χ1v) is 6.31. The van der Waals surface area contributed by atoms with Crippen LogP contribution in [0.2, 0.25) is 0 Å². The molecule has 0 amide bonds. The molecular weight excluding hydrogens is 230 g/mol. The van der Waals surface area contributed by atoms with Crippen LogP contribution < -0.4 is 0 Å². The Morgan fingerprint density at radius 2 is 1.47 bits per heavy atom. The Hall–Kier alpha value is -2.41. The maximum Gasteiger partial charge on any atom is 0.0177 e. The Morgan fingerprint density at radius 3 is 2.11 bits per heavy atom. The van der Waals surface area contributed by atoms with Crippen molar-refractivity contribution in [2.24, 2.45) is 0 Å². The van der Waals surface area contributed by atoms with Crippen LogP contribution in [0.4, 0.5) is 0 Å². The zero-order valence-corrected chi connectivity index (χ0v) is 11.0. The standard InChI is InChI=1S/C18H17N/c1-15(7-5-6-14-19)16-10-12-18(13-11-16)17-8-3-2-4-9-17/h2-14,19H,1H3/b6-5-,15-7+,19-14?. The molecule has 1 N–H and O–H groups in total. The second kappa shape index (κ2) is 6.50. The Labute approximate surface area is 114 Å². The minimum absolute atomic E-state index is 1.19. The van der Waals surface area contributed by atoms with Gasteiger partial charge in [-0.2, -0.15) is 0 Å². The molecule has 0 radical (unpaired) electrons. The molecule has 94 valence electrons. The first-order chi connectivity index (χ1) is 9.31. The van der Waals surface area contributed by atoms with Crippen LogP contribution in [0.1, 0.15) is 12.5 Å². The highest BCUT2D eigenvalue weighted by Crippen LogP contribution is 2.22. The third-order valence-electron chi connectivity index (χ3n) is 3.00. The van der Waals surface area contributed by atoms with Gasteiger partial charge in [0, 0.05) is 6.21 Å². The van der Waals surface area contributed by atoms with Crippen LogP contribution in [-0.2, 0) is 0 Å². The molecule has 0 atom stereocenters. The van der Waals surface area contributed by atoms with Gasteiger partial charge in [0.1, 0.15) is 0 Å². The first kappa shape index (κ1) is 13.0. The number of hydrogen-bond donors (Lipinski definition) is 1. The molecule has 2 aromatic rings. The summed E-state index contributed by atoms with van der Waals surface area (Å²) < 4.78 is 0. The minimum Gasteiger partial charge on any atom is -0.309 e. The molecule has 1 heteroatoms. The van der Waals surface area contributed by atoms with E-state index in [-0.39, 0.29) is 0 Å². The molecule has 0 saturated carbocycles. The Balaban J connectivity index is 2.21. The molecule has 0 spiro atoms. The van der Waals surface area contributed by atoms with E-state index in [0.717, 1.165) is 0 Å². The van der Waals surface area contributed by atoms with Crippen molar-refractivity contribution in [3.8, 4) is 11.1 Å². The van der Waals surface area contributed by atoms with E-state index >= 15 is 0 Å². The predicted octanol–water partition coefficient (Wildman–Crippen LogP) is 4.96. The maximum absolute atomic E-state index is 6.93. The van der Waals surface area contributed by atoms with Gasteiger partial charge in [-0.15, -0.1) is 0 Å². The summed E-state index contributed by atoms with van der Waals surface area (Å²) in [6.45, 7) is 2.08. The van der Waals surface area contributed by atoms with Gasteiger partial charge in [0.2, 0.25) is 0 Å². The van der Waals surface area contributed by atoms with E-state index < -0.39 is 0 Å². The van der Waals surface area contributed by atoms with Crippen LogP contribution in [0.5, 0.6) is 0 Å². The number of nitrogens with one attached hydrogen (secondary N) is 1. The lowest BCUT2D eigenvalue weighted by atomic mass is 10.0. The molecule has 0 aliphatic carbocycles. The van der Waals surface area contributed by atoms with Gasteiger partial charge < -0.3 is 5.41 Å². The van der Waals surface area contributed by atoms with E-state index in [1.807, 2.05) is 18.2 Å². The van der Waals surface area contributed by atoms with Crippen LogP contribution in [-0.4, -0.2) is 6.21 Å². The van der Waals surface area contributed by atoms with Crippen molar-refractivity contribution >= 4 is 11.8 Å². The highest BCUT2D eigenvalue weighted by atomic mass is 14.3. The second-order valence-corrected chi connectivity index (χ2v) is 4.34. The fourth-order valence-corrected chi connectivity index (χ4v) is 1.91. The van der Waals surface area contributed by atoms with E-state index in [2.05, 4.69) is 55.5 Å². The van der Waals surface area contributed by atoms with E-state index in [1.165, 1.54) is 28.5 Å². The summed E-state index contributed by atoms with van der Waals surface area (Å²) in [6.07, 6.45) is 6.89. The smallest absolute Gasteiger partial charge is 0.0177 e. The predicted molar refractivity (Wildman–Crippen MR) is 83.5 cm³/mol. The van der Waals surface area contributed by atoms with Crippen molar-refractivity contribution in [3.63, 3.8) is 0 Å². The SMILES string of the molecule is C/C(=C\C=C/C=N)c1ccc(-c2ccccc2)cc1. The van der Waals surface area contributed by atoms with Gasteiger partial charge in [-0.25, -0.2) is 0 Å². The van der Waals surface area contributed by atoms with Gasteiger partial charge in [-0.3, -0.25) is 0 Å². The normalized spacial score (nSPS) is 11.7. The van der Waals surface area contributed by atoms with Crippen LogP contribution in [0.15, 0.2) is 72.8 Å². The third kappa shape index (κ3) is 3.52. The van der Waals surface area contributed by atoms with Gasteiger partial charge in [0.25, 0.3) is 0 Å². The van der Waals surface area contributed by atoms with Crippen LogP contribution >= 0.6 is 0 Å². The molecule has 19 heavy (non-hydrogen) atoms. The largest absolute Gasteiger partial charge is 0.309 e. The van der Waals surface area contributed by atoms with Crippen molar-refractivity contribution in [2.45, 2.75) is 6.92 Å². The highest BCUT2D eigenvalue weighted by molar-refractivity contribution is 5.72. The quantitative estimate of drug-likeness (QED) is 0.583. The molecule has 0 fully saturated rings. The van der Waals surface area contributed by atoms with Gasteiger partial charge in [0.15, 0.2) is 0 Å². The van der Waals surface area contributed by atoms with Gasteiger partial charge >= 0.3 is 0 Å². The number of hydrogen-bond acceptors (Lipinski definition) is 1. The molecule has 2 rings (SSSR count). The fourth-order valence-electron chi connectivity index (χ4n) is 1.91. The molecule has 0 aliphatic heterocycles. The lowest BCUT2D eigenvalue weighted by molar-refractivity contribution is 1.55. The van der Waals surface area contributed by atoms with Crippen molar-refractivity contribution in [2.75, 3.05) is 0 Å². The Bertz CT molecular complexity index is 589. The van der Waals surface area contributed by atoms with Gasteiger partial charge in [-0.1, -0.05) is 66.7 Å². The summed E-state index contributed by atoms with van der Waals surface area (Å²) in [5.74, 6) is 0. The Kier molecular flexibility index (Phi) is 4.46. The van der Waals surface area contributed by atoms with E-state index in [0.29, 0.717) is 0 Å². The third-order valence-corrected chi connectivity index (χ3v) is 3.00. The summed E-state index contributed by atoms with van der Waals surface area (Å²) in [5, 5.41) is 6.93. The van der Waals surface area contributed by atoms with Gasteiger partial charge in [0.05, 0.1) is 0 Å². The molecule has 1 nitrogen and oxygen atoms in total. The average Bonchev–Trinajstić information content (AvgIpc) is 2.48. The molecule has 0 saturated heterocycles. The van der Waals surface area contributed by atoms with Crippen molar-refractivity contribution < 1.29 is 0 Å². The first-order valence-electron chi connectivity index (χ1n) is 6.31. The molecule has 0 unspecified atom stereocenters. The zero-order chi connectivity index (χ0) is 13.5. The summed E-state index contributed by atoms with van der Waals surface area (Å²) >= 11 is 0. The average molecular weight is 247 g/mol. The van der Waals surface area contributed by atoms with Gasteiger partial charge in [-0.05, 0) is 35.3 Å².